The van der Waals surface area contributed by atoms with E-state index in [0.29, 0.717) is 35.0 Å². The number of nitrogens with one attached hydrogen (secondary N) is 1. The van der Waals surface area contributed by atoms with Crippen molar-refractivity contribution in [1.82, 2.24) is 10.3 Å². The Morgan fingerprint density at radius 1 is 1.03 bits per heavy atom. The van der Waals surface area contributed by atoms with Gasteiger partial charge in [-0.3, -0.25) is 9.59 Å². The molecule has 2 aromatic carbocycles. The molecule has 0 atom stereocenters. The van der Waals surface area contributed by atoms with E-state index in [-0.39, 0.29) is 31.3 Å². The third-order valence-corrected chi connectivity index (χ3v) is 5.38. The van der Waals surface area contributed by atoms with E-state index in [1.54, 1.807) is 36.6 Å². The van der Waals surface area contributed by atoms with E-state index in [4.69, 9.17) is 9.47 Å². The molecule has 3 rings (SSSR count). The van der Waals surface area contributed by atoms with Crippen molar-refractivity contribution < 1.29 is 23.9 Å². The molecule has 3 aromatic rings. The van der Waals surface area contributed by atoms with Crippen LogP contribution in [0.5, 0.6) is 5.75 Å². The van der Waals surface area contributed by atoms with Gasteiger partial charge in [-0.25, -0.2) is 9.78 Å². The minimum Gasteiger partial charge on any atom is -0.482 e. The maximum atomic E-state index is 12.1. The van der Waals surface area contributed by atoms with Gasteiger partial charge >= 0.3 is 5.97 Å². The van der Waals surface area contributed by atoms with Gasteiger partial charge in [-0.2, -0.15) is 0 Å². The van der Waals surface area contributed by atoms with Gasteiger partial charge in [0, 0.05) is 23.9 Å². The van der Waals surface area contributed by atoms with Crippen molar-refractivity contribution in [3.05, 3.63) is 81.8 Å². The summed E-state index contributed by atoms with van der Waals surface area (Å²) in [5.74, 6) is -0.125. The zero-order chi connectivity index (χ0) is 22.8. The predicted molar refractivity (Wildman–Crippen MR) is 120 cm³/mol. The van der Waals surface area contributed by atoms with E-state index in [0.717, 1.165) is 5.56 Å². The molecule has 0 saturated heterocycles. The van der Waals surface area contributed by atoms with Crippen LogP contribution in [0, 0.1) is 0 Å². The number of thiazole rings is 1. The monoisotopic (exact) mass is 452 g/mol. The van der Waals surface area contributed by atoms with Crippen LogP contribution < -0.4 is 10.1 Å². The molecule has 0 aliphatic carbocycles. The van der Waals surface area contributed by atoms with Crippen LogP contribution in [0.25, 0.3) is 0 Å². The summed E-state index contributed by atoms with van der Waals surface area (Å²) in [5, 5.41) is 5.27. The molecule has 1 aromatic heterocycles. The molecule has 1 N–H and O–H groups in total. The topological polar surface area (TPSA) is 94.6 Å². The second kappa shape index (κ2) is 11.8. The van der Waals surface area contributed by atoms with Gasteiger partial charge in [0.2, 0.25) is 5.91 Å². The Kier molecular flexibility index (Phi) is 8.51. The number of rotatable bonds is 11. The molecule has 32 heavy (non-hydrogen) atoms. The van der Waals surface area contributed by atoms with Gasteiger partial charge in [-0.1, -0.05) is 37.3 Å². The normalized spacial score (nSPS) is 10.4. The van der Waals surface area contributed by atoms with Crippen LogP contribution in [0.1, 0.15) is 40.0 Å². The Morgan fingerprint density at radius 2 is 1.78 bits per heavy atom. The lowest BCUT2D eigenvalue weighted by molar-refractivity contribution is -0.147. The van der Waals surface area contributed by atoms with Gasteiger partial charge < -0.3 is 14.8 Å². The SMILES string of the molecule is CCC(=O)c1ccc(OCC(=O)OCc2csc(CC(=O)NCc3ccccc3)n2)cc1. The molecule has 1 heterocycles. The molecule has 0 fully saturated rings. The Balaban J connectivity index is 1.37. The van der Waals surface area contributed by atoms with Gasteiger partial charge in [-0.05, 0) is 29.8 Å². The number of aromatic nitrogens is 1. The molecule has 1 amide bonds. The van der Waals surface area contributed by atoms with Gasteiger partial charge in [-0.15, -0.1) is 11.3 Å². The van der Waals surface area contributed by atoms with Crippen LogP contribution in [0.2, 0.25) is 0 Å². The summed E-state index contributed by atoms with van der Waals surface area (Å²) in [5.41, 5.74) is 2.22. The summed E-state index contributed by atoms with van der Waals surface area (Å²) in [6.45, 7) is 2.02. The van der Waals surface area contributed by atoms with E-state index in [9.17, 15) is 14.4 Å². The summed E-state index contributed by atoms with van der Waals surface area (Å²) >= 11 is 1.34. The van der Waals surface area contributed by atoms with E-state index >= 15 is 0 Å². The third kappa shape index (κ3) is 7.31. The number of amides is 1. The Bertz CT molecular complexity index is 1050. The number of nitrogens with zero attached hydrogens (tertiary/aromatic N) is 1. The quantitative estimate of drug-likeness (QED) is 0.352. The highest BCUT2D eigenvalue weighted by atomic mass is 32.1. The first-order chi connectivity index (χ1) is 15.5. The van der Waals surface area contributed by atoms with Crippen LogP contribution in [-0.4, -0.2) is 29.3 Å². The van der Waals surface area contributed by atoms with Crippen LogP contribution in [0.3, 0.4) is 0 Å². The van der Waals surface area contributed by atoms with Crippen molar-refractivity contribution >= 4 is 29.0 Å². The second-order valence-electron chi connectivity index (χ2n) is 6.92. The average Bonchev–Trinajstić information content (AvgIpc) is 3.27. The number of Topliss-reactive ketones (excluding diaryl/α,β-unsaturated/α-hetero) is 1. The molecular formula is C24H24N2O5S. The lowest BCUT2D eigenvalue weighted by Gasteiger charge is -2.07. The molecular weight excluding hydrogens is 428 g/mol. The molecule has 0 saturated carbocycles. The molecule has 8 heteroatoms. The highest BCUT2D eigenvalue weighted by Gasteiger charge is 2.11. The largest absolute Gasteiger partial charge is 0.482 e. The Labute approximate surface area is 190 Å². The number of hydrogen-bond donors (Lipinski definition) is 1. The minimum absolute atomic E-state index is 0.00820. The van der Waals surface area contributed by atoms with Crippen molar-refractivity contribution in [2.45, 2.75) is 32.9 Å². The number of carbonyl (C=O) groups is 3. The molecule has 0 bridgehead atoms. The third-order valence-electron chi connectivity index (χ3n) is 4.48. The first-order valence-electron chi connectivity index (χ1n) is 10.2. The first-order valence-corrected chi connectivity index (χ1v) is 11.1. The van der Waals surface area contributed by atoms with Gasteiger partial charge in [0.25, 0.3) is 0 Å². The lowest BCUT2D eigenvalue weighted by atomic mass is 10.1. The second-order valence-corrected chi connectivity index (χ2v) is 7.86. The smallest absolute Gasteiger partial charge is 0.344 e. The molecule has 0 unspecified atom stereocenters. The summed E-state index contributed by atoms with van der Waals surface area (Å²) < 4.78 is 10.6. The number of hydrogen-bond acceptors (Lipinski definition) is 7. The fourth-order valence-corrected chi connectivity index (χ4v) is 3.55. The van der Waals surface area contributed by atoms with E-state index in [1.165, 1.54) is 11.3 Å². The number of ether oxygens (including phenoxy) is 2. The molecule has 0 aliphatic heterocycles. The fraction of sp³-hybridized carbons (Fsp3) is 0.250. The zero-order valence-electron chi connectivity index (χ0n) is 17.7. The van der Waals surface area contributed by atoms with E-state index in [2.05, 4.69) is 10.3 Å². The van der Waals surface area contributed by atoms with Crippen molar-refractivity contribution in [2.75, 3.05) is 6.61 Å². The molecule has 7 nitrogen and oxygen atoms in total. The zero-order valence-corrected chi connectivity index (χ0v) is 18.5. The van der Waals surface area contributed by atoms with Crippen LogP contribution in [0.4, 0.5) is 0 Å². The number of benzene rings is 2. The Hall–Kier alpha value is -3.52. The molecule has 166 valence electrons. The molecule has 0 aliphatic rings. The number of esters is 1. The fourth-order valence-electron chi connectivity index (χ4n) is 2.77. The average molecular weight is 453 g/mol. The van der Waals surface area contributed by atoms with Crippen molar-refractivity contribution in [1.29, 1.82) is 0 Å². The van der Waals surface area contributed by atoms with Gasteiger partial charge in [0.15, 0.2) is 12.4 Å². The number of ketones is 1. The van der Waals surface area contributed by atoms with Gasteiger partial charge in [0.1, 0.15) is 17.4 Å². The van der Waals surface area contributed by atoms with E-state index < -0.39 is 5.97 Å². The number of carbonyl (C=O) groups excluding carboxylic acids is 3. The Morgan fingerprint density at radius 3 is 2.50 bits per heavy atom. The summed E-state index contributed by atoms with van der Waals surface area (Å²) in [6, 6.07) is 16.3. The predicted octanol–water partition coefficient (Wildman–Crippen LogP) is 3.72. The highest BCUT2D eigenvalue weighted by molar-refractivity contribution is 7.09. The maximum absolute atomic E-state index is 12.1. The maximum Gasteiger partial charge on any atom is 0.344 e. The van der Waals surface area contributed by atoms with Crippen molar-refractivity contribution in [3.8, 4) is 5.75 Å². The van der Waals surface area contributed by atoms with Gasteiger partial charge in [0.05, 0.1) is 12.1 Å². The van der Waals surface area contributed by atoms with Crippen LogP contribution in [0.15, 0.2) is 60.0 Å². The molecule has 0 radical (unpaired) electrons. The highest BCUT2D eigenvalue weighted by Crippen LogP contribution is 2.14. The van der Waals surface area contributed by atoms with Crippen LogP contribution >= 0.6 is 11.3 Å². The summed E-state index contributed by atoms with van der Waals surface area (Å²) in [4.78, 5) is 40.0. The van der Waals surface area contributed by atoms with Crippen molar-refractivity contribution in [2.24, 2.45) is 0 Å². The summed E-state index contributed by atoms with van der Waals surface area (Å²) in [7, 11) is 0. The van der Waals surface area contributed by atoms with Crippen molar-refractivity contribution in [3.63, 3.8) is 0 Å². The summed E-state index contributed by atoms with van der Waals surface area (Å²) in [6.07, 6.45) is 0.605. The standard InChI is InChI=1S/C24H24N2O5S/c1-2-21(27)18-8-10-20(11-9-18)30-15-24(29)31-14-19-16-32-23(26-19)12-22(28)25-13-17-6-4-3-5-7-17/h3-11,16H,2,12-15H2,1H3,(H,25,28). The van der Waals surface area contributed by atoms with Crippen LogP contribution in [-0.2, 0) is 33.9 Å². The lowest BCUT2D eigenvalue weighted by Crippen LogP contribution is -2.24. The van der Waals surface area contributed by atoms with E-state index in [1.807, 2.05) is 30.3 Å². The minimum atomic E-state index is -0.533. The molecule has 0 spiro atoms. The first kappa shape index (κ1) is 23.1.